The normalized spacial score (nSPS) is 17.3. The number of halogens is 1. The van der Waals surface area contributed by atoms with Gasteiger partial charge in [0.25, 0.3) is 0 Å². The number of carbonyl (C=O) groups is 2. The molecule has 1 fully saturated rings. The van der Waals surface area contributed by atoms with Gasteiger partial charge in [0, 0.05) is 34.9 Å². The summed E-state index contributed by atoms with van der Waals surface area (Å²) in [4.78, 5) is 26.1. The van der Waals surface area contributed by atoms with Crippen molar-refractivity contribution >= 4 is 39.1 Å². The van der Waals surface area contributed by atoms with Crippen LogP contribution in [0.4, 0.5) is 11.4 Å². The van der Waals surface area contributed by atoms with E-state index in [0.717, 1.165) is 10.2 Å². The van der Waals surface area contributed by atoms with Crippen LogP contribution in [-0.2, 0) is 9.59 Å². The smallest absolute Gasteiger partial charge is 0.229 e. The summed E-state index contributed by atoms with van der Waals surface area (Å²) in [6.45, 7) is 0.352. The van der Waals surface area contributed by atoms with Crippen LogP contribution < -0.4 is 10.2 Å². The Labute approximate surface area is 142 Å². The average Bonchev–Trinajstić information content (AvgIpc) is 2.90. The van der Waals surface area contributed by atoms with E-state index in [9.17, 15) is 14.7 Å². The molecule has 2 amide bonds. The highest BCUT2D eigenvalue weighted by molar-refractivity contribution is 9.10. The number of aromatic hydroxyl groups is 1. The number of nitrogens with one attached hydrogen (secondary N) is 1. The Bertz CT molecular complexity index is 746. The van der Waals surface area contributed by atoms with Crippen LogP contribution in [0.1, 0.15) is 6.42 Å². The molecule has 3 rings (SSSR count). The molecular formula is C17H15BrN2O3. The number of anilines is 2. The number of nitrogens with zero attached hydrogens (tertiary/aromatic N) is 1. The van der Waals surface area contributed by atoms with Gasteiger partial charge in [-0.25, -0.2) is 0 Å². The molecule has 1 atom stereocenters. The standard InChI is InChI=1S/C17H15BrN2O3/c18-12-4-6-14(7-5-12)20-10-11(8-16(20)22)17(23)19-13-2-1-3-15(21)9-13/h1-7,9,11,21H,8,10H2,(H,19,23). The number of hydrogen-bond acceptors (Lipinski definition) is 3. The van der Waals surface area contributed by atoms with Crippen molar-refractivity contribution in [2.45, 2.75) is 6.42 Å². The zero-order chi connectivity index (χ0) is 16.4. The third-order valence-corrected chi connectivity index (χ3v) is 4.28. The van der Waals surface area contributed by atoms with Gasteiger partial charge in [-0.1, -0.05) is 22.0 Å². The lowest BCUT2D eigenvalue weighted by molar-refractivity contribution is -0.122. The van der Waals surface area contributed by atoms with E-state index < -0.39 is 5.92 Å². The van der Waals surface area contributed by atoms with E-state index in [1.807, 2.05) is 24.3 Å². The van der Waals surface area contributed by atoms with E-state index >= 15 is 0 Å². The number of rotatable bonds is 3. The van der Waals surface area contributed by atoms with Gasteiger partial charge in [-0.3, -0.25) is 9.59 Å². The molecule has 6 heteroatoms. The summed E-state index contributed by atoms with van der Waals surface area (Å²) in [6, 6.07) is 13.8. The summed E-state index contributed by atoms with van der Waals surface area (Å²) in [6.07, 6.45) is 0.181. The summed E-state index contributed by atoms with van der Waals surface area (Å²) in [7, 11) is 0. The topological polar surface area (TPSA) is 69.6 Å². The van der Waals surface area contributed by atoms with Gasteiger partial charge >= 0.3 is 0 Å². The maximum absolute atomic E-state index is 12.3. The third kappa shape index (κ3) is 3.53. The lowest BCUT2D eigenvalue weighted by Gasteiger charge is -2.16. The van der Waals surface area contributed by atoms with E-state index in [1.54, 1.807) is 17.0 Å². The summed E-state index contributed by atoms with van der Waals surface area (Å²) >= 11 is 3.36. The van der Waals surface area contributed by atoms with Gasteiger partial charge in [-0.2, -0.15) is 0 Å². The molecule has 2 aromatic rings. The molecule has 1 unspecified atom stereocenters. The monoisotopic (exact) mass is 374 g/mol. The quantitative estimate of drug-likeness (QED) is 0.866. The largest absolute Gasteiger partial charge is 0.508 e. The minimum atomic E-state index is -0.409. The third-order valence-electron chi connectivity index (χ3n) is 3.75. The number of hydrogen-bond donors (Lipinski definition) is 2. The van der Waals surface area contributed by atoms with Gasteiger partial charge in [-0.15, -0.1) is 0 Å². The first-order valence-corrected chi connectivity index (χ1v) is 7.98. The van der Waals surface area contributed by atoms with Gasteiger partial charge in [0.05, 0.1) is 5.92 Å². The fourth-order valence-electron chi connectivity index (χ4n) is 2.58. The van der Waals surface area contributed by atoms with E-state index in [2.05, 4.69) is 21.2 Å². The maximum atomic E-state index is 12.3. The van der Waals surface area contributed by atoms with Crippen LogP contribution in [0.5, 0.6) is 5.75 Å². The summed E-state index contributed by atoms with van der Waals surface area (Å²) in [5, 5.41) is 12.2. The Morgan fingerprint density at radius 3 is 2.65 bits per heavy atom. The molecule has 5 nitrogen and oxygen atoms in total. The highest BCUT2D eigenvalue weighted by Gasteiger charge is 2.35. The highest BCUT2D eigenvalue weighted by atomic mass is 79.9. The van der Waals surface area contributed by atoms with Crippen molar-refractivity contribution in [1.82, 2.24) is 0 Å². The van der Waals surface area contributed by atoms with Crippen LogP contribution in [0.15, 0.2) is 53.0 Å². The van der Waals surface area contributed by atoms with E-state index in [1.165, 1.54) is 12.1 Å². The van der Waals surface area contributed by atoms with Crippen LogP contribution in [0.2, 0.25) is 0 Å². The van der Waals surface area contributed by atoms with Crippen LogP contribution in [-0.4, -0.2) is 23.5 Å². The van der Waals surface area contributed by atoms with Crippen molar-refractivity contribution in [2.24, 2.45) is 5.92 Å². The second kappa shape index (κ2) is 6.42. The molecule has 0 aromatic heterocycles. The van der Waals surface area contributed by atoms with Crippen LogP contribution in [0.25, 0.3) is 0 Å². The fraction of sp³-hybridized carbons (Fsp3) is 0.176. The summed E-state index contributed by atoms with van der Waals surface area (Å²) in [5.74, 6) is -0.609. The van der Waals surface area contributed by atoms with Gasteiger partial charge in [0.1, 0.15) is 5.75 Å². The van der Waals surface area contributed by atoms with Crippen LogP contribution >= 0.6 is 15.9 Å². The molecular weight excluding hydrogens is 360 g/mol. The highest BCUT2D eigenvalue weighted by Crippen LogP contribution is 2.27. The van der Waals surface area contributed by atoms with Crippen LogP contribution in [0, 0.1) is 5.92 Å². The van der Waals surface area contributed by atoms with Crippen molar-refractivity contribution in [3.8, 4) is 5.75 Å². The van der Waals surface area contributed by atoms with E-state index in [0.29, 0.717) is 12.2 Å². The number of carbonyl (C=O) groups excluding carboxylic acids is 2. The number of phenolic OH excluding ortho intramolecular Hbond substituents is 1. The molecule has 118 valence electrons. The summed E-state index contributed by atoms with van der Waals surface area (Å²) in [5.41, 5.74) is 1.30. The van der Waals surface area contributed by atoms with Crippen molar-refractivity contribution in [3.05, 3.63) is 53.0 Å². The zero-order valence-corrected chi connectivity index (χ0v) is 13.8. The molecule has 0 spiro atoms. The predicted molar refractivity (Wildman–Crippen MR) is 91.3 cm³/mol. The van der Waals surface area contributed by atoms with Gasteiger partial charge in [0.15, 0.2) is 0 Å². The Kier molecular flexibility index (Phi) is 4.34. The Balaban J connectivity index is 1.69. The minimum absolute atomic E-state index is 0.0663. The lowest BCUT2D eigenvalue weighted by Crippen LogP contribution is -2.28. The Hall–Kier alpha value is -2.34. The van der Waals surface area contributed by atoms with Gasteiger partial charge in [0.2, 0.25) is 11.8 Å². The SMILES string of the molecule is O=C(Nc1cccc(O)c1)C1CC(=O)N(c2ccc(Br)cc2)C1. The zero-order valence-electron chi connectivity index (χ0n) is 12.2. The molecule has 0 saturated carbocycles. The first kappa shape index (κ1) is 15.6. The molecule has 23 heavy (non-hydrogen) atoms. The maximum Gasteiger partial charge on any atom is 0.229 e. The molecule has 2 aromatic carbocycles. The van der Waals surface area contributed by atoms with E-state index in [-0.39, 0.29) is 24.0 Å². The molecule has 1 aliphatic rings. The molecule has 1 saturated heterocycles. The number of benzene rings is 2. The number of phenols is 1. The molecule has 1 aliphatic heterocycles. The second-order valence-electron chi connectivity index (χ2n) is 5.42. The first-order chi connectivity index (χ1) is 11.0. The molecule has 0 radical (unpaired) electrons. The second-order valence-corrected chi connectivity index (χ2v) is 6.34. The fourth-order valence-corrected chi connectivity index (χ4v) is 2.85. The predicted octanol–water partition coefficient (Wildman–Crippen LogP) is 3.15. The van der Waals surface area contributed by atoms with Crippen molar-refractivity contribution < 1.29 is 14.7 Å². The minimum Gasteiger partial charge on any atom is -0.508 e. The molecule has 1 heterocycles. The van der Waals surface area contributed by atoms with E-state index in [4.69, 9.17) is 0 Å². The van der Waals surface area contributed by atoms with Crippen LogP contribution in [0.3, 0.4) is 0 Å². The molecule has 0 bridgehead atoms. The number of amides is 2. The Morgan fingerprint density at radius 1 is 1.22 bits per heavy atom. The molecule has 2 N–H and O–H groups in total. The average molecular weight is 375 g/mol. The first-order valence-electron chi connectivity index (χ1n) is 7.19. The summed E-state index contributed by atoms with van der Waals surface area (Å²) < 4.78 is 0.936. The lowest BCUT2D eigenvalue weighted by atomic mass is 10.1. The van der Waals surface area contributed by atoms with Gasteiger partial charge in [-0.05, 0) is 36.4 Å². The molecule has 0 aliphatic carbocycles. The van der Waals surface area contributed by atoms with Crippen molar-refractivity contribution in [3.63, 3.8) is 0 Å². The van der Waals surface area contributed by atoms with Crippen molar-refractivity contribution in [2.75, 3.05) is 16.8 Å². The Morgan fingerprint density at radius 2 is 1.96 bits per heavy atom. The van der Waals surface area contributed by atoms with Gasteiger partial charge < -0.3 is 15.3 Å². The van der Waals surface area contributed by atoms with Crippen molar-refractivity contribution in [1.29, 1.82) is 0 Å².